The minimum atomic E-state index is -0.541. The second-order valence-electron chi connectivity index (χ2n) is 5.94. The number of rotatable bonds is 7. The number of aromatic nitrogens is 1. The number of pyridine rings is 1. The fourth-order valence-electron chi connectivity index (χ4n) is 2.35. The molecule has 3 rings (SSSR count). The van der Waals surface area contributed by atoms with E-state index in [4.69, 9.17) is 27.6 Å². The number of nitrogens with zero attached hydrogens (tertiary/aromatic N) is 2. The lowest BCUT2D eigenvalue weighted by molar-refractivity contribution is -0.129. The Hall–Kier alpha value is -3.16. The third-order valence-electron chi connectivity index (χ3n) is 3.75. The first kappa shape index (κ1) is 20.6. The minimum absolute atomic E-state index is 0.299. The van der Waals surface area contributed by atoms with Gasteiger partial charge in [-0.15, -0.1) is 0 Å². The molecule has 0 aliphatic carbocycles. The van der Waals surface area contributed by atoms with Gasteiger partial charge in [-0.1, -0.05) is 29.3 Å². The van der Waals surface area contributed by atoms with Crippen molar-refractivity contribution < 1.29 is 14.0 Å². The Kier molecular flexibility index (Phi) is 6.99. The third-order valence-corrected chi connectivity index (χ3v) is 4.48. The van der Waals surface area contributed by atoms with E-state index in [2.05, 4.69) is 20.8 Å². The van der Waals surface area contributed by atoms with Crippen molar-refractivity contribution in [3.05, 3.63) is 76.2 Å². The highest BCUT2D eigenvalue weighted by atomic mass is 35.5. The fraction of sp³-hybridized carbons (Fsp3) is 0.100. The molecule has 0 radical (unpaired) electrons. The molecule has 0 atom stereocenters. The van der Waals surface area contributed by atoms with Crippen LogP contribution in [-0.4, -0.2) is 23.0 Å². The van der Waals surface area contributed by atoms with Gasteiger partial charge in [0.25, 0.3) is 0 Å². The van der Waals surface area contributed by atoms with Crippen LogP contribution in [0.2, 0.25) is 10.0 Å². The predicted octanol–water partition coefficient (Wildman–Crippen LogP) is 3.81. The zero-order chi connectivity index (χ0) is 20.6. The summed E-state index contributed by atoms with van der Waals surface area (Å²) in [6, 6.07) is 12.2. The molecule has 2 amide bonds. The van der Waals surface area contributed by atoms with Gasteiger partial charge in [0.15, 0.2) is 0 Å². The SMILES string of the molecule is O=C(CC(=O)N/N=C\c1ccc(-c2ccc(Cl)c(Cl)c2)o1)NCc1cccnc1. The number of nitrogens with one attached hydrogen (secondary N) is 2. The average Bonchev–Trinajstić information content (AvgIpc) is 3.18. The highest BCUT2D eigenvalue weighted by Gasteiger charge is 2.09. The number of furan rings is 1. The summed E-state index contributed by atoms with van der Waals surface area (Å²) in [6.07, 6.45) is 4.28. The monoisotopic (exact) mass is 430 g/mol. The van der Waals surface area contributed by atoms with Crippen molar-refractivity contribution in [2.45, 2.75) is 13.0 Å². The molecule has 0 aliphatic heterocycles. The summed E-state index contributed by atoms with van der Waals surface area (Å²) in [5, 5.41) is 7.31. The van der Waals surface area contributed by atoms with E-state index in [0.29, 0.717) is 28.1 Å². The van der Waals surface area contributed by atoms with Crippen molar-refractivity contribution in [1.29, 1.82) is 0 Å². The number of hydrogen-bond acceptors (Lipinski definition) is 5. The van der Waals surface area contributed by atoms with Crippen LogP contribution in [-0.2, 0) is 16.1 Å². The van der Waals surface area contributed by atoms with Crippen molar-refractivity contribution >= 4 is 41.2 Å². The summed E-state index contributed by atoms with van der Waals surface area (Å²) in [6.45, 7) is 0.299. The van der Waals surface area contributed by atoms with E-state index in [-0.39, 0.29) is 6.42 Å². The van der Waals surface area contributed by atoms with Gasteiger partial charge in [0, 0.05) is 24.5 Å². The van der Waals surface area contributed by atoms with Gasteiger partial charge in [-0.3, -0.25) is 14.6 Å². The average molecular weight is 431 g/mol. The number of carbonyl (C=O) groups is 2. The molecule has 0 saturated heterocycles. The quantitative estimate of drug-likeness (QED) is 0.338. The molecule has 3 aromatic rings. The topological polar surface area (TPSA) is 96.6 Å². The molecule has 0 aliphatic rings. The molecule has 0 bridgehead atoms. The molecule has 2 aromatic heterocycles. The largest absolute Gasteiger partial charge is 0.455 e. The molecular weight excluding hydrogens is 415 g/mol. The van der Waals surface area contributed by atoms with Gasteiger partial charge in [0.05, 0.1) is 16.3 Å². The van der Waals surface area contributed by atoms with Crippen molar-refractivity contribution in [1.82, 2.24) is 15.7 Å². The van der Waals surface area contributed by atoms with E-state index in [1.54, 1.807) is 48.8 Å². The maximum Gasteiger partial charge on any atom is 0.249 e. The Morgan fingerprint density at radius 2 is 1.97 bits per heavy atom. The first-order chi connectivity index (χ1) is 14.0. The number of hydrogen-bond donors (Lipinski definition) is 2. The van der Waals surface area contributed by atoms with Crippen LogP contribution in [0.1, 0.15) is 17.7 Å². The summed E-state index contributed by atoms with van der Waals surface area (Å²) in [5.41, 5.74) is 3.88. The summed E-state index contributed by atoms with van der Waals surface area (Å²) in [7, 11) is 0. The molecule has 0 fully saturated rings. The van der Waals surface area contributed by atoms with Crippen molar-refractivity contribution in [2.75, 3.05) is 0 Å². The lowest BCUT2D eigenvalue weighted by Gasteiger charge is -2.04. The van der Waals surface area contributed by atoms with E-state index in [1.165, 1.54) is 6.21 Å². The molecule has 9 heteroatoms. The second kappa shape index (κ2) is 9.86. The third kappa shape index (κ3) is 6.17. The van der Waals surface area contributed by atoms with Crippen LogP contribution in [0.15, 0.2) is 64.4 Å². The van der Waals surface area contributed by atoms with E-state index >= 15 is 0 Å². The Morgan fingerprint density at radius 3 is 2.72 bits per heavy atom. The molecule has 0 spiro atoms. The van der Waals surface area contributed by atoms with Crippen molar-refractivity contribution in [2.24, 2.45) is 5.10 Å². The lowest BCUT2D eigenvalue weighted by Crippen LogP contribution is -2.29. The molecule has 1 aromatic carbocycles. The Balaban J connectivity index is 1.47. The van der Waals surface area contributed by atoms with Gasteiger partial charge in [0.1, 0.15) is 17.9 Å². The molecule has 7 nitrogen and oxygen atoms in total. The summed E-state index contributed by atoms with van der Waals surface area (Å²) in [5.74, 6) is 0.0428. The van der Waals surface area contributed by atoms with Crippen LogP contribution in [0.5, 0.6) is 0 Å². The van der Waals surface area contributed by atoms with Crippen LogP contribution < -0.4 is 10.7 Å². The van der Waals surface area contributed by atoms with Gasteiger partial charge < -0.3 is 9.73 Å². The minimum Gasteiger partial charge on any atom is -0.455 e. The van der Waals surface area contributed by atoms with E-state index in [0.717, 1.165) is 11.1 Å². The van der Waals surface area contributed by atoms with Gasteiger partial charge in [0.2, 0.25) is 11.8 Å². The number of hydrazone groups is 1. The van der Waals surface area contributed by atoms with Crippen LogP contribution >= 0.6 is 23.2 Å². The summed E-state index contributed by atoms with van der Waals surface area (Å²) < 4.78 is 5.63. The van der Waals surface area contributed by atoms with Gasteiger partial charge in [-0.05, 0) is 42.0 Å². The smallest absolute Gasteiger partial charge is 0.249 e. The van der Waals surface area contributed by atoms with E-state index in [9.17, 15) is 9.59 Å². The molecule has 2 heterocycles. The molecular formula is C20H16Cl2N4O3. The first-order valence-electron chi connectivity index (χ1n) is 8.54. The van der Waals surface area contributed by atoms with Gasteiger partial charge >= 0.3 is 0 Å². The fourth-order valence-corrected chi connectivity index (χ4v) is 2.64. The number of amides is 2. The van der Waals surface area contributed by atoms with E-state index < -0.39 is 11.8 Å². The zero-order valence-electron chi connectivity index (χ0n) is 15.1. The highest BCUT2D eigenvalue weighted by molar-refractivity contribution is 6.42. The Morgan fingerprint density at radius 1 is 1.10 bits per heavy atom. The normalized spacial score (nSPS) is 10.8. The first-order valence-corrected chi connectivity index (χ1v) is 9.29. The summed E-state index contributed by atoms with van der Waals surface area (Å²) >= 11 is 11.9. The maximum atomic E-state index is 11.8. The Bertz CT molecular complexity index is 1040. The van der Waals surface area contributed by atoms with Crippen LogP contribution in [0, 0.1) is 0 Å². The molecule has 0 unspecified atom stereocenters. The van der Waals surface area contributed by atoms with Crippen molar-refractivity contribution in [3.8, 4) is 11.3 Å². The zero-order valence-corrected chi connectivity index (χ0v) is 16.6. The summed E-state index contributed by atoms with van der Waals surface area (Å²) in [4.78, 5) is 27.5. The number of carbonyl (C=O) groups excluding carboxylic acids is 2. The maximum absolute atomic E-state index is 11.8. The van der Waals surface area contributed by atoms with Gasteiger partial charge in [-0.2, -0.15) is 5.10 Å². The highest BCUT2D eigenvalue weighted by Crippen LogP contribution is 2.29. The van der Waals surface area contributed by atoms with Crippen LogP contribution in [0.25, 0.3) is 11.3 Å². The Labute approximate surface area is 176 Å². The second-order valence-corrected chi connectivity index (χ2v) is 6.75. The number of benzene rings is 1. The van der Waals surface area contributed by atoms with E-state index in [1.807, 2.05) is 6.07 Å². The lowest BCUT2D eigenvalue weighted by atomic mass is 10.2. The standard InChI is InChI=1S/C20H16Cl2N4O3/c21-16-5-3-14(8-17(16)22)18-6-4-15(29-18)12-25-26-20(28)9-19(27)24-11-13-2-1-7-23-10-13/h1-8,10,12H,9,11H2,(H,24,27)(H,26,28)/b25-12-. The van der Waals surface area contributed by atoms with Crippen molar-refractivity contribution in [3.63, 3.8) is 0 Å². The molecule has 0 saturated carbocycles. The van der Waals surface area contributed by atoms with Crippen LogP contribution in [0.4, 0.5) is 0 Å². The molecule has 2 N–H and O–H groups in total. The van der Waals surface area contributed by atoms with Crippen LogP contribution in [0.3, 0.4) is 0 Å². The van der Waals surface area contributed by atoms with Gasteiger partial charge in [-0.25, -0.2) is 5.43 Å². The molecule has 148 valence electrons. The molecule has 29 heavy (non-hydrogen) atoms. The predicted molar refractivity (Wildman–Crippen MR) is 111 cm³/mol. The number of halogens is 2.